The maximum absolute atomic E-state index is 16.0. The number of carbonyl (C=O) groups excluding carboxylic acids is 1. The Hall–Kier alpha value is -4.94. The first-order valence-corrected chi connectivity index (χ1v) is 15.5. The summed E-state index contributed by atoms with van der Waals surface area (Å²) in [6.45, 7) is 8.47. The summed E-state index contributed by atoms with van der Waals surface area (Å²) in [6.07, 6.45) is 1.30. The van der Waals surface area contributed by atoms with E-state index in [4.69, 9.17) is 24.0 Å². The van der Waals surface area contributed by atoms with Gasteiger partial charge in [0.25, 0.3) is 0 Å². The fourth-order valence-electron chi connectivity index (χ4n) is 5.94. The maximum Gasteiger partial charge on any atom is 0.246 e. The molecule has 12 heteroatoms. The standard InChI is InChI=1S/C34H29F2N5O4S/c1-5-29(42)40-17-22-15-26(39-41(22)16-18(40)2)33-31(30-24(36)13-21(35)14-28(30)44-10-9-43-4)34-23(8-11-46-34)32(38-33)20-6-7-27-25(12-20)37-19(3)45-27/h5-8,11-15,18H,1,9-10,16-17H2,2-4H3/t18-/m1/s1. The van der Waals surface area contributed by atoms with E-state index in [2.05, 4.69) is 11.6 Å². The number of hydrogen-bond acceptors (Lipinski definition) is 8. The van der Waals surface area contributed by atoms with Gasteiger partial charge in [-0.15, -0.1) is 11.3 Å². The highest BCUT2D eigenvalue weighted by Crippen LogP contribution is 2.47. The lowest BCUT2D eigenvalue weighted by Crippen LogP contribution is -2.44. The van der Waals surface area contributed by atoms with Crippen molar-refractivity contribution in [3.63, 3.8) is 0 Å². The number of aromatic nitrogens is 4. The molecule has 0 fully saturated rings. The molecule has 7 rings (SSSR count). The second-order valence-corrected chi connectivity index (χ2v) is 12.0. The lowest BCUT2D eigenvalue weighted by atomic mass is 9.96. The number of thiophene rings is 1. The third-order valence-electron chi connectivity index (χ3n) is 8.05. The molecule has 0 N–H and O–H groups in total. The van der Waals surface area contributed by atoms with Crippen molar-refractivity contribution in [3.05, 3.63) is 83.7 Å². The molecule has 234 valence electrons. The van der Waals surface area contributed by atoms with Crippen LogP contribution in [-0.4, -0.2) is 56.9 Å². The number of methoxy groups -OCH3 is 1. The highest BCUT2D eigenvalue weighted by atomic mass is 32.1. The molecule has 5 heterocycles. The summed E-state index contributed by atoms with van der Waals surface area (Å²) in [6, 6.07) is 11.3. The molecule has 4 aromatic heterocycles. The number of benzene rings is 2. The number of ether oxygens (including phenoxy) is 2. The SMILES string of the molecule is C=CC(=O)N1Cc2cc(-c3nc(-c4ccc5oc(C)nc5c4)c4ccsc4c3-c3c(F)cc(F)cc3OCCOC)nn2C[C@H]1C. The van der Waals surface area contributed by atoms with Crippen LogP contribution in [0.4, 0.5) is 8.78 Å². The fraction of sp³-hybridized carbons (Fsp3) is 0.235. The van der Waals surface area contributed by atoms with Gasteiger partial charge in [-0.05, 0) is 48.7 Å². The average Bonchev–Trinajstić information content (AvgIpc) is 3.77. The van der Waals surface area contributed by atoms with Gasteiger partial charge in [-0.1, -0.05) is 6.58 Å². The van der Waals surface area contributed by atoms with Crippen molar-refractivity contribution in [1.29, 1.82) is 0 Å². The molecule has 2 aromatic carbocycles. The van der Waals surface area contributed by atoms with Crippen molar-refractivity contribution < 1.29 is 27.5 Å². The Labute approximate surface area is 266 Å². The van der Waals surface area contributed by atoms with E-state index in [0.29, 0.717) is 52.7 Å². The van der Waals surface area contributed by atoms with Crippen LogP contribution in [0.25, 0.3) is 55.0 Å². The Kier molecular flexibility index (Phi) is 7.61. The second kappa shape index (κ2) is 11.8. The van der Waals surface area contributed by atoms with Gasteiger partial charge in [0.15, 0.2) is 11.5 Å². The highest BCUT2D eigenvalue weighted by molar-refractivity contribution is 7.18. The smallest absolute Gasteiger partial charge is 0.246 e. The Morgan fingerprint density at radius 2 is 1.98 bits per heavy atom. The number of oxazole rings is 1. The van der Waals surface area contributed by atoms with Crippen LogP contribution in [0.15, 0.2) is 64.9 Å². The van der Waals surface area contributed by atoms with Crippen molar-refractivity contribution in [1.82, 2.24) is 24.6 Å². The van der Waals surface area contributed by atoms with Gasteiger partial charge in [-0.3, -0.25) is 9.48 Å². The first-order valence-electron chi connectivity index (χ1n) is 14.7. The first kappa shape index (κ1) is 29.8. The van der Waals surface area contributed by atoms with Crippen LogP contribution >= 0.6 is 11.3 Å². The quantitative estimate of drug-likeness (QED) is 0.129. The van der Waals surface area contributed by atoms with Gasteiger partial charge < -0.3 is 18.8 Å². The van der Waals surface area contributed by atoms with E-state index in [1.165, 1.54) is 30.6 Å². The average molecular weight is 642 g/mol. The van der Waals surface area contributed by atoms with Gasteiger partial charge in [-0.2, -0.15) is 5.10 Å². The molecular weight excluding hydrogens is 612 g/mol. The molecule has 1 aliphatic rings. The van der Waals surface area contributed by atoms with Crippen molar-refractivity contribution in [2.75, 3.05) is 20.3 Å². The second-order valence-electron chi connectivity index (χ2n) is 11.1. The van der Waals surface area contributed by atoms with Gasteiger partial charge in [0.2, 0.25) is 5.91 Å². The predicted octanol–water partition coefficient (Wildman–Crippen LogP) is 7.16. The zero-order valence-corrected chi connectivity index (χ0v) is 26.2. The molecule has 0 aliphatic carbocycles. The summed E-state index contributed by atoms with van der Waals surface area (Å²) < 4.78 is 49.9. The molecule has 0 unspecified atom stereocenters. The Bertz CT molecular complexity index is 2150. The van der Waals surface area contributed by atoms with Crippen LogP contribution in [0.2, 0.25) is 0 Å². The molecule has 6 aromatic rings. The molecule has 0 saturated heterocycles. The summed E-state index contributed by atoms with van der Waals surface area (Å²) >= 11 is 1.41. The molecule has 1 atom stereocenters. The number of rotatable bonds is 8. The molecule has 0 saturated carbocycles. The van der Waals surface area contributed by atoms with Crippen LogP contribution in [0.3, 0.4) is 0 Å². The van der Waals surface area contributed by atoms with Crippen molar-refractivity contribution in [3.8, 4) is 39.5 Å². The zero-order chi connectivity index (χ0) is 32.1. The Balaban J connectivity index is 1.49. The molecule has 9 nitrogen and oxygen atoms in total. The van der Waals surface area contributed by atoms with E-state index >= 15 is 4.39 Å². The van der Waals surface area contributed by atoms with E-state index in [1.54, 1.807) is 11.8 Å². The lowest BCUT2D eigenvalue weighted by Gasteiger charge is -2.33. The lowest BCUT2D eigenvalue weighted by molar-refractivity contribution is -0.129. The van der Waals surface area contributed by atoms with Crippen LogP contribution in [0.5, 0.6) is 5.75 Å². The Morgan fingerprint density at radius 1 is 1.13 bits per heavy atom. The van der Waals surface area contributed by atoms with E-state index in [1.807, 2.05) is 47.3 Å². The highest BCUT2D eigenvalue weighted by Gasteiger charge is 2.30. The van der Waals surface area contributed by atoms with E-state index in [-0.39, 0.29) is 36.5 Å². The van der Waals surface area contributed by atoms with Crippen molar-refractivity contribution >= 4 is 38.4 Å². The summed E-state index contributed by atoms with van der Waals surface area (Å²) in [4.78, 5) is 24.0. The van der Waals surface area contributed by atoms with Crippen LogP contribution in [0, 0.1) is 18.6 Å². The minimum atomic E-state index is -0.794. The number of aryl methyl sites for hydroxylation is 1. The number of nitrogens with zero attached hydrogens (tertiary/aromatic N) is 5. The molecule has 0 spiro atoms. The van der Waals surface area contributed by atoms with E-state index in [0.717, 1.165) is 27.4 Å². The third-order valence-corrected chi connectivity index (χ3v) is 8.99. The monoisotopic (exact) mass is 641 g/mol. The van der Waals surface area contributed by atoms with Crippen LogP contribution in [-0.2, 0) is 22.6 Å². The summed E-state index contributed by atoms with van der Waals surface area (Å²) in [5.41, 5.74) is 4.93. The number of halogens is 2. The zero-order valence-electron chi connectivity index (χ0n) is 25.3. The molecular formula is C34H29F2N5O4S. The number of pyridine rings is 1. The first-order chi connectivity index (χ1) is 22.2. The Morgan fingerprint density at radius 3 is 2.78 bits per heavy atom. The van der Waals surface area contributed by atoms with Gasteiger partial charge >= 0.3 is 0 Å². The van der Waals surface area contributed by atoms with Gasteiger partial charge in [0.05, 0.1) is 36.6 Å². The number of hydrogen-bond donors (Lipinski definition) is 0. The molecule has 0 bridgehead atoms. The fourth-order valence-corrected chi connectivity index (χ4v) is 6.89. The number of amides is 1. The minimum Gasteiger partial charge on any atom is -0.490 e. The molecule has 46 heavy (non-hydrogen) atoms. The van der Waals surface area contributed by atoms with Crippen molar-refractivity contribution in [2.24, 2.45) is 0 Å². The summed E-state index contributed by atoms with van der Waals surface area (Å²) in [7, 11) is 1.52. The van der Waals surface area contributed by atoms with Crippen LogP contribution in [0.1, 0.15) is 18.5 Å². The molecule has 0 radical (unpaired) electrons. The number of carbonyl (C=O) groups is 1. The van der Waals surface area contributed by atoms with Gasteiger partial charge in [0, 0.05) is 53.4 Å². The number of fused-ring (bicyclic) bond motifs is 3. The van der Waals surface area contributed by atoms with E-state index < -0.39 is 11.6 Å². The van der Waals surface area contributed by atoms with Crippen molar-refractivity contribution in [2.45, 2.75) is 33.0 Å². The normalized spacial score (nSPS) is 14.6. The topological polar surface area (TPSA) is 95.5 Å². The minimum absolute atomic E-state index is 0.0277. The van der Waals surface area contributed by atoms with Gasteiger partial charge in [-0.25, -0.2) is 18.7 Å². The summed E-state index contributed by atoms with van der Waals surface area (Å²) in [5, 5.41) is 7.60. The largest absolute Gasteiger partial charge is 0.490 e. The maximum atomic E-state index is 16.0. The van der Waals surface area contributed by atoms with Gasteiger partial charge in [0.1, 0.15) is 40.9 Å². The third kappa shape index (κ3) is 5.13. The summed E-state index contributed by atoms with van der Waals surface area (Å²) in [5.74, 6) is -1.16. The predicted molar refractivity (Wildman–Crippen MR) is 172 cm³/mol. The molecule has 1 amide bonds. The van der Waals surface area contributed by atoms with Crippen LogP contribution < -0.4 is 4.74 Å². The van der Waals surface area contributed by atoms with E-state index in [9.17, 15) is 9.18 Å². The molecule has 1 aliphatic heterocycles.